The molecule has 1 aliphatic rings. The van der Waals surface area contributed by atoms with Crippen LogP contribution in [-0.2, 0) is 0 Å². The SMILES string of the molecule is Cc1ccc2cccc(C(=O)N[C@@H]3CCN(c4nccs4)C3)c2n1. The summed E-state index contributed by atoms with van der Waals surface area (Å²) >= 11 is 1.63. The summed E-state index contributed by atoms with van der Waals surface area (Å²) in [5.74, 6) is -0.0512. The van der Waals surface area contributed by atoms with Crippen LogP contribution >= 0.6 is 11.3 Å². The number of rotatable bonds is 3. The van der Waals surface area contributed by atoms with E-state index in [0.717, 1.165) is 41.2 Å². The lowest BCUT2D eigenvalue weighted by Gasteiger charge is -2.16. The zero-order chi connectivity index (χ0) is 16.5. The Balaban J connectivity index is 1.52. The Kier molecular flexibility index (Phi) is 3.90. The average molecular weight is 338 g/mol. The maximum atomic E-state index is 12.7. The van der Waals surface area contributed by atoms with Gasteiger partial charge in [-0.1, -0.05) is 18.2 Å². The van der Waals surface area contributed by atoms with Crippen LogP contribution in [0.25, 0.3) is 10.9 Å². The molecule has 3 heterocycles. The molecule has 1 aliphatic heterocycles. The van der Waals surface area contributed by atoms with Gasteiger partial charge in [-0.25, -0.2) is 4.98 Å². The van der Waals surface area contributed by atoms with Crippen LogP contribution in [0.15, 0.2) is 41.9 Å². The van der Waals surface area contributed by atoms with Crippen LogP contribution in [-0.4, -0.2) is 35.0 Å². The van der Waals surface area contributed by atoms with E-state index in [9.17, 15) is 4.79 Å². The number of nitrogens with one attached hydrogen (secondary N) is 1. The molecular weight excluding hydrogens is 320 g/mol. The molecule has 24 heavy (non-hydrogen) atoms. The van der Waals surface area contributed by atoms with Gasteiger partial charge in [0.2, 0.25) is 0 Å². The molecule has 0 spiro atoms. The number of amides is 1. The highest BCUT2D eigenvalue weighted by atomic mass is 32.1. The van der Waals surface area contributed by atoms with Crippen LogP contribution in [0.1, 0.15) is 22.5 Å². The normalized spacial score (nSPS) is 17.4. The zero-order valence-corrected chi connectivity index (χ0v) is 14.2. The van der Waals surface area contributed by atoms with E-state index in [1.165, 1.54) is 0 Å². The summed E-state index contributed by atoms with van der Waals surface area (Å²) in [6.45, 7) is 3.67. The minimum absolute atomic E-state index is 0.0512. The predicted molar refractivity (Wildman–Crippen MR) is 96.7 cm³/mol. The van der Waals surface area contributed by atoms with Gasteiger partial charge in [0.1, 0.15) is 0 Å². The number of aryl methyl sites for hydroxylation is 1. The number of hydrogen-bond acceptors (Lipinski definition) is 5. The predicted octanol–water partition coefficient (Wildman–Crippen LogP) is 3.01. The summed E-state index contributed by atoms with van der Waals surface area (Å²) in [7, 11) is 0. The molecule has 6 heteroatoms. The molecule has 1 atom stereocenters. The Morgan fingerprint density at radius 1 is 1.33 bits per heavy atom. The summed E-state index contributed by atoms with van der Waals surface area (Å²) in [4.78, 5) is 23.8. The quantitative estimate of drug-likeness (QED) is 0.797. The number of nitrogens with zero attached hydrogens (tertiary/aromatic N) is 3. The molecule has 0 radical (unpaired) electrons. The van der Waals surface area contributed by atoms with Crippen molar-refractivity contribution < 1.29 is 4.79 Å². The third-order valence-electron chi connectivity index (χ3n) is 4.32. The van der Waals surface area contributed by atoms with Gasteiger partial charge in [-0.3, -0.25) is 9.78 Å². The topological polar surface area (TPSA) is 58.1 Å². The number of thiazole rings is 1. The van der Waals surface area contributed by atoms with E-state index in [2.05, 4.69) is 20.2 Å². The van der Waals surface area contributed by atoms with E-state index in [1.807, 2.05) is 48.8 Å². The summed E-state index contributed by atoms with van der Waals surface area (Å²) in [5.41, 5.74) is 2.33. The Bertz CT molecular complexity index is 878. The van der Waals surface area contributed by atoms with Crippen LogP contribution in [0.3, 0.4) is 0 Å². The highest BCUT2D eigenvalue weighted by Crippen LogP contribution is 2.23. The van der Waals surface area contributed by atoms with Crippen molar-refractivity contribution in [2.24, 2.45) is 0 Å². The van der Waals surface area contributed by atoms with Gasteiger partial charge in [0, 0.05) is 41.8 Å². The van der Waals surface area contributed by atoms with Crippen molar-refractivity contribution in [2.45, 2.75) is 19.4 Å². The second kappa shape index (κ2) is 6.20. The van der Waals surface area contributed by atoms with E-state index >= 15 is 0 Å². The first-order valence-corrected chi connectivity index (χ1v) is 8.90. The van der Waals surface area contributed by atoms with Crippen LogP contribution in [0.5, 0.6) is 0 Å². The minimum atomic E-state index is -0.0512. The standard InChI is InChI=1S/C18H18N4OS/c1-12-5-6-13-3-2-4-15(16(13)20-12)17(23)21-14-7-9-22(11-14)18-19-8-10-24-18/h2-6,8,10,14H,7,9,11H2,1H3,(H,21,23)/t14-/m1/s1. The van der Waals surface area contributed by atoms with Gasteiger partial charge in [-0.2, -0.15) is 0 Å². The molecule has 0 bridgehead atoms. The van der Waals surface area contributed by atoms with Crippen molar-refractivity contribution in [1.82, 2.24) is 15.3 Å². The summed E-state index contributed by atoms with van der Waals surface area (Å²) in [5, 5.41) is 7.14. The van der Waals surface area contributed by atoms with Crippen molar-refractivity contribution in [3.8, 4) is 0 Å². The maximum Gasteiger partial charge on any atom is 0.253 e. The number of aromatic nitrogens is 2. The van der Waals surface area contributed by atoms with Gasteiger partial charge in [0.15, 0.2) is 5.13 Å². The average Bonchev–Trinajstić information content (AvgIpc) is 3.25. The first-order valence-electron chi connectivity index (χ1n) is 8.02. The van der Waals surface area contributed by atoms with Gasteiger partial charge in [0.05, 0.1) is 11.1 Å². The van der Waals surface area contributed by atoms with Crippen molar-refractivity contribution in [1.29, 1.82) is 0 Å². The Morgan fingerprint density at radius 3 is 3.08 bits per heavy atom. The second-order valence-corrected chi connectivity index (χ2v) is 6.92. The van der Waals surface area contributed by atoms with Gasteiger partial charge in [0.25, 0.3) is 5.91 Å². The molecule has 122 valence electrons. The number of pyridine rings is 1. The van der Waals surface area contributed by atoms with E-state index in [-0.39, 0.29) is 11.9 Å². The van der Waals surface area contributed by atoms with Crippen molar-refractivity contribution >= 4 is 33.3 Å². The third kappa shape index (κ3) is 2.85. The molecule has 2 aromatic heterocycles. The van der Waals surface area contributed by atoms with E-state index < -0.39 is 0 Å². The number of carbonyl (C=O) groups excluding carboxylic acids is 1. The van der Waals surface area contributed by atoms with Crippen LogP contribution < -0.4 is 10.2 Å². The van der Waals surface area contributed by atoms with Crippen molar-refractivity contribution in [3.63, 3.8) is 0 Å². The molecule has 1 fully saturated rings. The molecular formula is C18H18N4OS. The molecule has 0 unspecified atom stereocenters. The highest BCUT2D eigenvalue weighted by molar-refractivity contribution is 7.13. The summed E-state index contributed by atoms with van der Waals surface area (Å²) < 4.78 is 0. The van der Waals surface area contributed by atoms with Crippen molar-refractivity contribution in [2.75, 3.05) is 18.0 Å². The first-order chi connectivity index (χ1) is 11.7. The van der Waals surface area contributed by atoms with Gasteiger partial charge >= 0.3 is 0 Å². The van der Waals surface area contributed by atoms with Crippen LogP contribution in [0, 0.1) is 6.92 Å². The molecule has 1 amide bonds. The number of fused-ring (bicyclic) bond motifs is 1. The highest BCUT2D eigenvalue weighted by Gasteiger charge is 2.26. The lowest BCUT2D eigenvalue weighted by molar-refractivity contribution is 0.0942. The third-order valence-corrected chi connectivity index (χ3v) is 5.15. The van der Waals surface area contributed by atoms with Crippen LogP contribution in [0.2, 0.25) is 0 Å². The monoisotopic (exact) mass is 338 g/mol. The maximum absolute atomic E-state index is 12.7. The molecule has 1 saturated heterocycles. The first kappa shape index (κ1) is 15.1. The minimum Gasteiger partial charge on any atom is -0.347 e. The Labute approximate surface area is 144 Å². The second-order valence-electron chi connectivity index (χ2n) is 6.05. The van der Waals surface area contributed by atoms with E-state index in [1.54, 1.807) is 11.3 Å². The van der Waals surface area contributed by atoms with Gasteiger partial charge < -0.3 is 10.2 Å². The zero-order valence-electron chi connectivity index (χ0n) is 13.4. The molecule has 4 rings (SSSR count). The largest absolute Gasteiger partial charge is 0.347 e. The number of para-hydroxylation sites is 1. The number of carbonyl (C=O) groups is 1. The molecule has 3 aromatic rings. The number of benzene rings is 1. The fourth-order valence-corrected chi connectivity index (χ4v) is 3.79. The molecule has 1 aromatic carbocycles. The summed E-state index contributed by atoms with van der Waals surface area (Å²) in [6, 6.07) is 9.85. The fraction of sp³-hybridized carbons (Fsp3) is 0.278. The number of anilines is 1. The Hall–Kier alpha value is -2.47. The lowest BCUT2D eigenvalue weighted by atomic mass is 10.1. The van der Waals surface area contributed by atoms with Gasteiger partial charge in [-0.05, 0) is 25.5 Å². The number of hydrogen-bond donors (Lipinski definition) is 1. The molecule has 5 nitrogen and oxygen atoms in total. The molecule has 0 saturated carbocycles. The Morgan fingerprint density at radius 2 is 2.25 bits per heavy atom. The molecule has 1 N–H and O–H groups in total. The summed E-state index contributed by atoms with van der Waals surface area (Å²) in [6.07, 6.45) is 2.75. The van der Waals surface area contributed by atoms with Crippen LogP contribution in [0.4, 0.5) is 5.13 Å². The van der Waals surface area contributed by atoms with E-state index in [0.29, 0.717) is 5.56 Å². The van der Waals surface area contributed by atoms with E-state index in [4.69, 9.17) is 0 Å². The lowest BCUT2D eigenvalue weighted by Crippen LogP contribution is -2.37. The fourth-order valence-electron chi connectivity index (χ4n) is 3.11. The van der Waals surface area contributed by atoms with Crippen molar-refractivity contribution in [3.05, 3.63) is 53.2 Å². The van der Waals surface area contributed by atoms with Gasteiger partial charge in [-0.15, -0.1) is 11.3 Å². The molecule has 0 aliphatic carbocycles. The smallest absolute Gasteiger partial charge is 0.253 e.